The molecule has 0 spiro atoms. The van der Waals surface area contributed by atoms with Crippen molar-refractivity contribution in [3.63, 3.8) is 0 Å². The number of fused-ring (bicyclic) bond motifs is 6. The lowest BCUT2D eigenvalue weighted by atomic mass is 9.45. The van der Waals surface area contributed by atoms with Crippen LogP contribution in [0.2, 0.25) is 0 Å². The highest BCUT2D eigenvalue weighted by Crippen LogP contribution is 2.65. The predicted octanol–water partition coefficient (Wildman–Crippen LogP) is 5.44. The van der Waals surface area contributed by atoms with E-state index in [-0.39, 0.29) is 17.9 Å². The molecule has 1 N–H and O–H groups in total. The summed E-state index contributed by atoms with van der Waals surface area (Å²) in [5.74, 6) is 3.41. The van der Waals surface area contributed by atoms with Gasteiger partial charge in [-0.2, -0.15) is 0 Å². The molecule has 2 aromatic rings. The van der Waals surface area contributed by atoms with Crippen molar-refractivity contribution in [1.29, 1.82) is 0 Å². The molecular formula is C33H42N2O6. The van der Waals surface area contributed by atoms with Crippen LogP contribution in [-0.4, -0.2) is 37.7 Å². The molecule has 4 aliphatic carbocycles. The lowest BCUT2D eigenvalue weighted by Crippen LogP contribution is -2.53. The summed E-state index contributed by atoms with van der Waals surface area (Å²) in [7, 11) is 1.56. The molecule has 1 aromatic carbocycles. The number of hydrogen-bond acceptors (Lipinski definition) is 7. The Labute approximate surface area is 241 Å². The molecular weight excluding hydrogens is 520 g/mol. The lowest BCUT2D eigenvalue weighted by Gasteiger charge is -2.59. The summed E-state index contributed by atoms with van der Waals surface area (Å²) in [6, 6.07) is 6.84. The van der Waals surface area contributed by atoms with Crippen LogP contribution in [-0.2, 0) is 20.8 Å². The van der Waals surface area contributed by atoms with E-state index in [0.29, 0.717) is 59.2 Å². The van der Waals surface area contributed by atoms with Gasteiger partial charge in [0.2, 0.25) is 0 Å². The van der Waals surface area contributed by atoms with Crippen molar-refractivity contribution in [2.45, 2.75) is 78.1 Å². The van der Waals surface area contributed by atoms with Crippen LogP contribution >= 0.6 is 0 Å². The monoisotopic (exact) mass is 562 g/mol. The Kier molecular flexibility index (Phi) is 7.45. The van der Waals surface area contributed by atoms with Crippen LogP contribution < -0.4 is 15.7 Å². The maximum atomic E-state index is 12.5. The number of methoxy groups -OCH3 is 1. The maximum absolute atomic E-state index is 12.5. The fraction of sp³-hybridized carbons (Fsp3) is 0.636. The fourth-order valence-corrected chi connectivity index (χ4v) is 9.08. The van der Waals surface area contributed by atoms with E-state index in [2.05, 4.69) is 24.3 Å². The maximum Gasteiger partial charge on any atom is 0.336 e. The van der Waals surface area contributed by atoms with Gasteiger partial charge in [0.25, 0.3) is 5.91 Å². The molecule has 8 heteroatoms. The van der Waals surface area contributed by atoms with E-state index in [1.54, 1.807) is 13.2 Å². The summed E-state index contributed by atoms with van der Waals surface area (Å²) in [5.41, 5.74) is 2.28. The van der Waals surface area contributed by atoms with Crippen molar-refractivity contribution < 1.29 is 23.6 Å². The van der Waals surface area contributed by atoms with Crippen molar-refractivity contribution in [2.24, 2.45) is 39.7 Å². The number of nitrogens with zero attached hydrogens (tertiary/aromatic N) is 1. The third kappa shape index (κ3) is 5.08. The average Bonchev–Trinajstić information content (AvgIpc) is 3.29. The number of amides is 1. The third-order valence-electron chi connectivity index (χ3n) is 11.3. The van der Waals surface area contributed by atoms with Crippen LogP contribution in [0.25, 0.3) is 11.0 Å². The Bertz CT molecular complexity index is 1430. The highest BCUT2D eigenvalue weighted by Gasteiger charge is 2.59. The van der Waals surface area contributed by atoms with Crippen molar-refractivity contribution in [2.75, 3.05) is 20.3 Å². The number of benzene rings is 1. The molecule has 4 aliphatic rings. The van der Waals surface area contributed by atoms with Gasteiger partial charge < -0.3 is 19.3 Å². The zero-order valence-corrected chi connectivity index (χ0v) is 24.5. The number of ether oxygens (including phenoxy) is 1. The van der Waals surface area contributed by atoms with Crippen LogP contribution in [0.5, 0.6) is 5.75 Å². The number of oxime groups is 1. The predicted molar refractivity (Wildman–Crippen MR) is 156 cm³/mol. The first kappa shape index (κ1) is 28.0. The van der Waals surface area contributed by atoms with Gasteiger partial charge in [0.1, 0.15) is 17.1 Å². The van der Waals surface area contributed by atoms with E-state index in [0.717, 1.165) is 55.2 Å². The Balaban J connectivity index is 1.03. The second kappa shape index (κ2) is 10.9. The van der Waals surface area contributed by atoms with Gasteiger partial charge in [-0.3, -0.25) is 9.59 Å². The molecule has 4 fully saturated rings. The average molecular weight is 563 g/mol. The number of carbonyl (C=O) groups excluding carboxylic acids is 2. The van der Waals surface area contributed by atoms with Crippen molar-refractivity contribution >= 4 is 28.4 Å². The first-order valence-electron chi connectivity index (χ1n) is 15.3. The summed E-state index contributed by atoms with van der Waals surface area (Å²) in [6.45, 7) is 5.08. The summed E-state index contributed by atoms with van der Waals surface area (Å²) in [6.07, 6.45) is 9.86. The van der Waals surface area contributed by atoms with Crippen molar-refractivity contribution in [3.05, 3.63) is 40.2 Å². The van der Waals surface area contributed by atoms with Gasteiger partial charge in [0, 0.05) is 42.3 Å². The van der Waals surface area contributed by atoms with Gasteiger partial charge in [0.05, 0.1) is 12.8 Å². The molecule has 0 aliphatic heterocycles. The summed E-state index contributed by atoms with van der Waals surface area (Å²) in [4.78, 5) is 42.4. The molecule has 4 saturated carbocycles. The molecule has 6 rings (SSSR count). The number of nitrogens with one attached hydrogen (secondary N) is 1. The lowest BCUT2D eigenvalue weighted by molar-refractivity contribution is -0.136. The fourth-order valence-electron chi connectivity index (χ4n) is 9.08. The molecule has 0 saturated heterocycles. The molecule has 41 heavy (non-hydrogen) atoms. The van der Waals surface area contributed by atoms with Gasteiger partial charge in [-0.1, -0.05) is 19.0 Å². The van der Waals surface area contributed by atoms with E-state index in [4.69, 9.17) is 14.0 Å². The van der Waals surface area contributed by atoms with Gasteiger partial charge in [-0.05, 0) is 98.1 Å². The Morgan fingerprint density at radius 1 is 1.07 bits per heavy atom. The molecule has 0 bridgehead atoms. The summed E-state index contributed by atoms with van der Waals surface area (Å²) in [5, 5.41) is 8.25. The topological polar surface area (TPSA) is 107 Å². The largest absolute Gasteiger partial charge is 0.497 e. The summed E-state index contributed by atoms with van der Waals surface area (Å²) < 4.78 is 10.5. The molecule has 220 valence electrons. The number of hydrogen-bond donors (Lipinski definition) is 1. The smallest absolute Gasteiger partial charge is 0.336 e. The molecule has 0 radical (unpaired) electrons. The molecule has 1 amide bonds. The second-order valence-corrected chi connectivity index (χ2v) is 13.3. The molecule has 1 heterocycles. The van der Waals surface area contributed by atoms with Gasteiger partial charge in [-0.15, -0.1) is 0 Å². The van der Waals surface area contributed by atoms with Crippen LogP contribution in [0.3, 0.4) is 0 Å². The number of ketones is 1. The highest BCUT2D eigenvalue weighted by molar-refractivity contribution is 5.92. The van der Waals surface area contributed by atoms with E-state index in [1.807, 2.05) is 12.1 Å². The highest BCUT2D eigenvalue weighted by atomic mass is 16.6. The Morgan fingerprint density at radius 3 is 2.76 bits per heavy atom. The minimum absolute atomic E-state index is 0.0312. The van der Waals surface area contributed by atoms with Crippen LogP contribution in [0.4, 0.5) is 0 Å². The minimum Gasteiger partial charge on any atom is -0.497 e. The van der Waals surface area contributed by atoms with Crippen LogP contribution in [0.1, 0.15) is 77.2 Å². The van der Waals surface area contributed by atoms with Gasteiger partial charge in [0.15, 0.2) is 6.61 Å². The summed E-state index contributed by atoms with van der Waals surface area (Å²) >= 11 is 0. The second-order valence-electron chi connectivity index (χ2n) is 13.3. The molecule has 1 aromatic heterocycles. The standard InChI is InChI=1S/C33H42N2O6/c1-32-13-10-22(36)17-21(32)4-6-25-26-8-9-29(33(26,2)14-11-27(25)32)35-40-19-30(37)34-15-12-20-16-31(38)41-28-18-23(39-3)5-7-24(20)28/h5,7,16,18,21,25-27H,4,6,8-15,17,19H2,1-3H3,(H,34,37)/b35-29-/t21-,25-,26-,27-,32-,33-/m0/s1. The Morgan fingerprint density at radius 2 is 1.93 bits per heavy atom. The van der Waals surface area contributed by atoms with E-state index in [9.17, 15) is 14.4 Å². The molecule has 0 unspecified atom stereocenters. The van der Waals surface area contributed by atoms with Crippen LogP contribution in [0.15, 0.2) is 38.6 Å². The SMILES string of the molecule is COc1ccc2c(CCNC(=O)CO/N=C3/CC[C@H]4[C@@H]5CC[C@H]6CC(=O)CC[C@]6(C)[C@H]5CC[C@]34C)cc(=O)oc2c1. The zero-order valence-electron chi connectivity index (χ0n) is 24.5. The van der Waals surface area contributed by atoms with E-state index in [1.165, 1.54) is 25.3 Å². The first-order valence-corrected chi connectivity index (χ1v) is 15.3. The number of carbonyl (C=O) groups is 2. The van der Waals surface area contributed by atoms with Crippen LogP contribution in [0, 0.1) is 34.5 Å². The van der Waals surface area contributed by atoms with Gasteiger partial charge >= 0.3 is 5.63 Å². The molecule has 6 atom stereocenters. The third-order valence-corrected chi connectivity index (χ3v) is 11.3. The minimum atomic E-state index is -0.431. The Hall–Kier alpha value is -3.16. The van der Waals surface area contributed by atoms with E-state index < -0.39 is 5.63 Å². The van der Waals surface area contributed by atoms with E-state index >= 15 is 0 Å². The van der Waals surface area contributed by atoms with Crippen molar-refractivity contribution in [1.82, 2.24) is 5.32 Å². The normalized spacial score (nSPS) is 33.6. The van der Waals surface area contributed by atoms with Crippen molar-refractivity contribution in [3.8, 4) is 5.75 Å². The quantitative estimate of drug-likeness (QED) is 0.356. The number of rotatable bonds is 7. The first-order chi connectivity index (χ1) is 19.7. The van der Waals surface area contributed by atoms with Gasteiger partial charge in [-0.25, -0.2) is 4.79 Å². The number of Topliss-reactive ketones (excluding diaryl/α,β-unsaturated/α-hetero) is 1. The zero-order chi connectivity index (χ0) is 28.8. The molecule has 8 nitrogen and oxygen atoms in total.